The first kappa shape index (κ1) is 20.4. The predicted molar refractivity (Wildman–Crippen MR) is 134 cm³/mol. The van der Waals surface area contributed by atoms with Crippen molar-refractivity contribution < 1.29 is 5.11 Å². The maximum atomic E-state index is 13.6. The summed E-state index contributed by atoms with van der Waals surface area (Å²) in [5.74, 6) is -0.220. The summed E-state index contributed by atoms with van der Waals surface area (Å²) in [5, 5.41) is 11.2. The smallest absolute Gasteiger partial charge is 0.270 e. The van der Waals surface area contributed by atoms with Gasteiger partial charge in [0.15, 0.2) is 4.77 Å². The number of benzene rings is 3. The van der Waals surface area contributed by atoms with Gasteiger partial charge >= 0.3 is 0 Å². The highest BCUT2D eigenvalue weighted by Gasteiger charge is 2.20. The van der Waals surface area contributed by atoms with Gasteiger partial charge in [0.25, 0.3) is 5.56 Å². The zero-order chi connectivity index (χ0) is 22.2. The highest BCUT2D eigenvalue weighted by Crippen LogP contribution is 2.35. The van der Waals surface area contributed by atoms with Crippen molar-refractivity contribution in [3.8, 4) is 17.3 Å². The molecule has 5 nitrogen and oxygen atoms in total. The molecule has 0 saturated heterocycles. The van der Waals surface area contributed by atoms with Crippen LogP contribution in [0, 0.1) is 4.77 Å². The summed E-state index contributed by atoms with van der Waals surface area (Å²) in [6, 6.07) is 24.2. The highest BCUT2D eigenvalue weighted by atomic mass is 79.9. The minimum Gasteiger partial charge on any atom is -0.494 e. The van der Waals surface area contributed by atoms with Crippen LogP contribution in [0.25, 0.3) is 23.0 Å². The first-order valence-electron chi connectivity index (χ1n) is 9.82. The maximum Gasteiger partial charge on any atom is 0.270 e. The average Bonchev–Trinajstić information content (AvgIpc) is 3.20. The Labute approximate surface area is 197 Å². The van der Waals surface area contributed by atoms with Crippen molar-refractivity contribution in [2.45, 2.75) is 0 Å². The SMILES string of the molecule is O=c1c(/C=C2/C=Nc3ccc(Br)cc32)c(O)n(-c2ccccc2)c(=S)n1-c1ccccc1. The normalized spacial score (nSPS) is 13.5. The second-order valence-electron chi connectivity index (χ2n) is 7.19. The van der Waals surface area contributed by atoms with Crippen molar-refractivity contribution >= 4 is 51.7 Å². The number of aromatic nitrogens is 2. The van der Waals surface area contributed by atoms with Gasteiger partial charge in [0.05, 0.1) is 17.1 Å². The molecule has 1 N–H and O–H groups in total. The van der Waals surface area contributed by atoms with Gasteiger partial charge in [-0.15, -0.1) is 0 Å². The minimum absolute atomic E-state index is 0.126. The van der Waals surface area contributed by atoms with Gasteiger partial charge in [-0.2, -0.15) is 0 Å². The molecule has 5 rings (SSSR count). The molecule has 1 aromatic heterocycles. The van der Waals surface area contributed by atoms with Crippen molar-refractivity contribution in [1.82, 2.24) is 9.13 Å². The third kappa shape index (κ3) is 3.45. The van der Waals surface area contributed by atoms with E-state index in [0.29, 0.717) is 11.4 Å². The van der Waals surface area contributed by atoms with E-state index in [2.05, 4.69) is 20.9 Å². The molecule has 0 radical (unpaired) electrons. The molecule has 0 unspecified atom stereocenters. The van der Waals surface area contributed by atoms with Gasteiger partial charge in [-0.05, 0) is 60.8 Å². The molecule has 0 amide bonds. The van der Waals surface area contributed by atoms with E-state index in [-0.39, 0.29) is 16.2 Å². The predicted octanol–water partition coefficient (Wildman–Crippen LogP) is 6.08. The Bertz CT molecular complexity index is 1520. The number of halogens is 1. The molecule has 0 bridgehead atoms. The molecule has 1 aliphatic rings. The summed E-state index contributed by atoms with van der Waals surface area (Å²) in [7, 11) is 0. The Balaban J connectivity index is 1.83. The van der Waals surface area contributed by atoms with E-state index in [1.165, 1.54) is 9.13 Å². The third-order valence-electron chi connectivity index (χ3n) is 5.21. The quantitative estimate of drug-likeness (QED) is 0.346. The summed E-state index contributed by atoms with van der Waals surface area (Å²) in [4.78, 5) is 18.0. The Morgan fingerprint density at radius 2 is 1.53 bits per heavy atom. The van der Waals surface area contributed by atoms with Gasteiger partial charge in [-0.1, -0.05) is 52.3 Å². The topological polar surface area (TPSA) is 59.5 Å². The van der Waals surface area contributed by atoms with E-state index in [1.54, 1.807) is 12.3 Å². The fourth-order valence-corrected chi connectivity index (χ4v) is 4.43. The molecule has 156 valence electrons. The van der Waals surface area contributed by atoms with Crippen LogP contribution in [0.15, 0.2) is 93.1 Å². The Morgan fingerprint density at radius 3 is 2.19 bits per heavy atom. The monoisotopic (exact) mass is 501 g/mol. The summed E-state index contributed by atoms with van der Waals surface area (Å²) in [6.07, 6.45) is 3.35. The molecule has 1 aliphatic heterocycles. The molecule has 0 atom stereocenters. The Hall–Kier alpha value is -3.55. The Kier molecular flexibility index (Phi) is 5.20. The number of aromatic hydroxyl groups is 1. The number of hydrogen-bond acceptors (Lipinski definition) is 4. The molecule has 0 saturated carbocycles. The largest absolute Gasteiger partial charge is 0.494 e. The van der Waals surface area contributed by atoms with Crippen LogP contribution in [0.4, 0.5) is 5.69 Å². The van der Waals surface area contributed by atoms with Crippen molar-refractivity contribution in [2.24, 2.45) is 4.99 Å². The molecular formula is C25H16BrN3O2S. The summed E-state index contributed by atoms with van der Waals surface area (Å²) in [5.41, 5.74) is 3.40. The van der Waals surface area contributed by atoms with Gasteiger partial charge in [-0.25, -0.2) is 0 Å². The average molecular weight is 502 g/mol. The van der Waals surface area contributed by atoms with Gasteiger partial charge in [0.1, 0.15) is 5.56 Å². The van der Waals surface area contributed by atoms with Crippen LogP contribution in [0.2, 0.25) is 0 Å². The van der Waals surface area contributed by atoms with Crippen LogP contribution >= 0.6 is 28.1 Å². The first-order chi connectivity index (χ1) is 15.5. The molecule has 32 heavy (non-hydrogen) atoms. The molecule has 0 fully saturated rings. The minimum atomic E-state index is -0.407. The Morgan fingerprint density at radius 1 is 0.906 bits per heavy atom. The van der Waals surface area contributed by atoms with Crippen molar-refractivity contribution in [2.75, 3.05) is 0 Å². The lowest BCUT2D eigenvalue weighted by Gasteiger charge is -2.17. The van der Waals surface area contributed by atoms with E-state index in [9.17, 15) is 9.90 Å². The molecule has 0 aliphatic carbocycles. The van der Waals surface area contributed by atoms with Crippen LogP contribution in [0.5, 0.6) is 5.88 Å². The summed E-state index contributed by atoms with van der Waals surface area (Å²) >= 11 is 9.15. The van der Waals surface area contributed by atoms with Crippen molar-refractivity contribution in [1.29, 1.82) is 0 Å². The number of para-hydroxylation sites is 2. The number of nitrogens with zero attached hydrogens (tertiary/aromatic N) is 3. The van der Waals surface area contributed by atoms with Crippen LogP contribution < -0.4 is 5.56 Å². The lowest BCUT2D eigenvalue weighted by atomic mass is 10.1. The zero-order valence-corrected chi connectivity index (χ0v) is 19.0. The van der Waals surface area contributed by atoms with Crippen LogP contribution in [-0.4, -0.2) is 20.5 Å². The van der Waals surface area contributed by atoms with E-state index in [0.717, 1.165) is 21.3 Å². The summed E-state index contributed by atoms with van der Waals surface area (Å²) < 4.78 is 4.01. The molecular weight excluding hydrogens is 486 g/mol. The number of allylic oxidation sites excluding steroid dienone is 1. The lowest BCUT2D eigenvalue weighted by molar-refractivity contribution is 0.429. The van der Waals surface area contributed by atoms with E-state index >= 15 is 0 Å². The van der Waals surface area contributed by atoms with Gasteiger partial charge in [-0.3, -0.25) is 18.9 Å². The van der Waals surface area contributed by atoms with E-state index < -0.39 is 5.56 Å². The van der Waals surface area contributed by atoms with Gasteiger partial charge < -0.3 is 5.11 Å². The maximum absolute atomic E-state index is 13.6. The molecule has 2 heterocycles. The molecule has 7 heteroatoms. The fourth-order valence-electron chi connectivity index (χ4n) is 3.69. The number of fused-ring (bicyclic) bond motifs is 1. The molecule has 4 aromatic rings. The first-order valence-corrected chi connectivity index (χ1v) is 11.0. The van der Waals surface area contributed by atoms with Crippen LogP contribution in [0.3, 0.4) is 0 Å². The zero-order valence-electron chi connectivity index (χ0n) is 16.6. The van der Waals surface area contributed by atoms with Crippen molar-refractivity contribution in [3.05, 3.63) is 110 Å². The molecule has 0 spiro atoms. The highest BCUT2D eigenvalue weighted by molar-refractivity contribution is 9.10. The fraction of sp³-hybridized carbons (Fsp3) is 0. The van der Waals surface area contributed by atoms with Crippen LogP contribution in [0.1, 0.15) is 11.1 Å². The van der Waals surface area contributed by atoms with Crippen molar-refractivity contribution in [3.63, 3.8) is 0 Å². The number of aliphatic imine (C=N–C) groups is 1. The van der Waals surface area contributed by atoms with Gasteiger partial charge in [0, 0.05) is 21.8 Å². The third-order valence-corrected chi connectivity index (χ3v) is 6.07. The number of hydrogen-bond donors (Lipinski definition) is 1. The second-order valence-corrected chi connectivity index (χ2v) is 8.47. The van der Waals surface area contributed by atoms with E-state index in [4.69, 9.17) is 12.2 Å². The molecule has 3 aromatic carbocycles. The van der Waals surface area contributed by atoms with Crippen LogP contribution in [-0.2, 0) is 0 Å². The second kappa shape index (κ2) is 8.18. The number of rotatable bonds is 3. The summed E-state index contributed by atoms with van der Waals surface area (Å²) in [6.45, 7) is 0. The lowest BCUT2D eigenvalue weighted by Crippen LogP contribution is -2.25. The standard InChI is InChI=1S/C25H16BrN3O2S/c26-17-11-12-22-20(14-17)16(15-27-22)13-21-23(30)28(18-7-3-1-4-8-18)25(32)29(24(21)31)19-9-5-2-6-10-19/h1-15,30H/b16-13-. The van der Waals surface area contributed by atoms with Gasteiger partial charge in [0.2, 0.25) is 5.88 Å². The van der Waals surface area contributed by atoms with E-state index in [1.807, 2.05) is 78.9 Å².